The molecule has 116 valence electrons. The molecule has 0 aliphatic rings. The highest BCUT2D eigenvalue weighted by Gasteiger charge is 2.20. The summed E-state index contributed by atoms with van der Waals surface area (Å²) in [4.78, 5) is 12.4. The van der Waals surface area contributed by atoms with Gasteiger partial charge in [-0.15, -0.1) is 0 Å². The maximum atomic E-state index is 12.4. The summed E-state index contributed by atoms with van der Waals surface area (Å²) in [6, 6.07) is 17.6. The zero-order valence-corrected chi connectivity index (χ0v) is 13.4. The van der Waals surface area contributed by atoms with Gasteiger partial charge in [-0.25, -0.2) is 0 Å². The molecule has 2 rings (SSSR count). The predicted molar refractivity (Wildman–Crippen MR) is 88.9 cm³/mol. The largest absolute Gasteiger partial charge is 0.481 e. The van der Waals surface area contributed by atoms with E-state index in [1.54, 1.807) is 0 Å². The molecule has 0 aromatic heterocycles. The average molecular weight is 297 g/mol. The van der Waals surface area contributed by atoms with Crippen LogP contribution in [0.25, 0.3) is 0 Å². The number of carbonyl (C=O) groups is 1. The number of rotatable bonds is 6. The number of aryl methyl sites for hydroxylation is 1. The third-order valence-corrected chi connectivity index (χ3v) is 3.62. The van der Waals surface area contributed by atoms with Crippen LogP contribution in [0.5, 0.6) is 5.75 Å². The van der Waals surface area contributed by atoms with Gasteiger partial charge < -0.3 is 10.1 Å². The maximum absolute atomic E-state index is 12.4. The quantitative estimate of drug-likeness (QED) is 0.874. The lowest BCUT2D eigenvalue weighted by Crippen LogP contribution is -2.39. The lowest BCUT2D eigenvalue weighted by atomic mass is 10.1. The zero-order chi connectivity index (χ0) is 15.9. The van der Waals surface area contributed by atoms with E-state index in [1.165, 1.54) is 5.56 Å². The molecule has 0 heterocycles. The number of nitrogens with one attached hydrogen (secondary N) is 1. The number of amides is 1. The van der Waals surface area contributed by atoms with Crippen LogP contribution in [0.3, 0.4) is 0 Å². The Morgan fingerprint density at radius 3 is 2.32 bits per heavy atom. The van der Waals surface area contributed by atoms with Gasteiger partial charge in [0.05, 0.1) is 6.04 Å². The minimum atomic E-state index is -0.478. The van der Waals surface area contributed by atoms with E-state index in [9.17, 15) is 4.79 Å². The molecule has 0 saturated carbocycles. The fourth-order valence-corrected chi connectivity index (χ4v) is 2.23. The first-order valence-corrected chi connectivity index (χ1v) is 7.68. The van der Waals surface area contributed by atoms with E-state index < -0.39 is 6.10 Å². The van der Waals surface area contributed by atoms with Crippen molar-refractivity contribution in [1.29, 1.82) is 0 Å². The Balaban J connectivity index is 1.98. The van der Waals surface area contributed by atoms with Crippen LogP contribution < -0.4 is 10.1 Å². The van der Waals surface area contributed by atoms with E-state index >= 15 is 0 Å². The monoisotopic (exact) mass is 297 g/mol. The summed E-state index contributed by atoms with van der Waals surface area (Å²) in [7, 11) is 0. The van der Waals surface area contributed by atoms with Crippen molar-refractivity contribution < 1.29 is 9.53 Å². The predicted octanol–water partition coefficient (Wildman–Crippen LogP) is 4.03. The van der Waals surface area contributed by atoms with E-state index in [0.717, 1.165) is 11.3 Å². The van der Waals surface area contributed by atoms with Gasteiger partial charge in [-0.1, -0.05) is 55.0 Å². The van der Waals surface area contributed by atoms with Crippen LogP contribution in [0.15, 0.2) is 54.6 Å². The second kappa shape index (κ2) is 7.64. The van der Waals surface area contributed by atoms with Crippen molar-refractivity contribution in [2.24, 2.45) is 0 Å². The van der Waals surface area contributed by atoms with Gasteiger partial charge in [-0.3, -0.25) is 4.79 Å². The fraction of sp³-hybridized carbons (Fsp3) is 0.316. The van der Waals surface area contributed by atoms with Crippen molar-refractivity contribution in [3.05, 3.63) is 65.7 Å². The number of hydrogen-bond donors (Lipinski definition) is 1. The van der Waals surface area contributed by atoms with Crippen LogP contribution in [-0.4, -0.2) is 12.0 Å². The molecule has 0 saturated heterocycles. The van der Waals surface area contributed by atoms with Crippen LogP contribution in [-0.2, 0) is 4.79 Å². The number of hydrogen-bond acceptors (Lipinski definition) is 2. The molecule has 0 unspecified atom stereocenters. The molecular formula is C19H23NO2. The molecule has 2 aromatic carbocycles. The molecule has 0 aliphatic carbocycles. The molecule has 0 aliphatic heterocycles. The van der Waals surface area contributed by atoms with E-state index in [4.69, 9.17) is 4.74 Å². The summed E-state index contributed by atoms with van der Waals surface area (Å²) in [6.45, 7) is 5.95. The second-order valence-electron chi connectivity index (χ2n) is 5.47. The van der Waals surface area contributed by atoms with E-state index in [1.807, 2.05) is 75.4 Å². The van der Waals surface area contributed by atoms with Gasteiger partial charge in [0.15, 0.2) is 6.10 Å². The molecule has 1 N–H and O–H groups in total. The highest BCUT2D eigenvalue weighted by atomic mass is 16.5. The summed E-state index contributed by atoms with van der Waals surface area (Å²) in [5.74, 6) is 0.638. The van der Waals surface area contributed by atoms with Crippen molar-refractivity contribution in [1.82, 2.24) is 5.32 Å². The molecule has 2 aromatic rings. The van der Waals surface area contributed by atoms with Crippen LogP contribution in [0.4, 0.5) is 0 Å². The number of ether oxygens (including phenoxy) is 1. The fourth-order valence-electron chi connectivity index (χ4n) is 2.23. The second-order valence-corrected chi connectivity index (χ2v) is 5.47. The van der Waals surface area contributed by atoms with Crippen LogP contribution in [0.1, 0.15) is 37.4 Å². The summed E-state index contributed by atoms with van der Waals surface area (Å²) < 4.78 is 5.81. The lowest BCUT2D eigenvalue weighted by molar-refractivity contribution is -0.128. The standard InChI is InChI=1S/C19H23NO2/c1-4-18(22-17-12-10-14(2)11-13-17)19(21)20-15(3)16-8-6-5-7-9-16/h5-13,15,18H,4H2,1-3H3,(H,20,21)/t15-,18+/m1/s1. The maximum Gasteiger partial charge on any atom is 0.261 e. The molecule has 0 radical (unpaired) electrons. The van der Waals surface area contributed by atoms with Crippen molar-refractivity contribution in [3.8, 4) is 5.75 Å². The van der Waals surface area contributed by atoms with Gasteiger partial charge in [0.1, 0.15) is 5.75 Å². The van der Waals surface area contributed by atoms with Crippen molar-refractivity contribution >= 4 is 5.91 Å². The first kappa shape index (κ1) is 16.1. The normalized spacial score (nSPS) is 13.2. The molecule has 0 fully saturated rings. The molecule has 22 heavy (non-hydrogen) atoms. The van der Waals surface area contributed by atoms with E-state index in [2.05, 4.69) is 5.32 Å². The Morgan fingerprint density at radius 2 is 1.73 bits per heavy atom. The van der Waals surface area contributed by atoms with E-state index in [-0.39, 0.29) is 11.9 Å². The Kier molecular flexibility index (Phi) is 5.59. The first-order valence-electron chi connectivity index (χ1n) is 7.68. The minimum Gasteiger partial charge on any atom is -0.481 e. The third kappa shape index (κ3) is 4.35. The van der Waals surface area contributed by atoms with Gasteiger partial charge in [0.25, 0.3) is 5.91 Å². The Morgan fingerprint density at radius 1 is 1.09 bits per heavy atom. The summed E-state index contributed by atoms with van der Waals surface area (Å²) in [5.41, 5.74) is 2.25. The summed E-state index contributed by atoms with van der Waals surface area (Å²) in [5, 5.41) is 3.01. The molecule has 3 heteroatoms. The Hall–Kier alpha value is -2.29. The molecule has 0 bridgehead atoms. The van der Waals surface area contributed by atoms with Gasteiger partial charge in [0, 0.05) is 0 Å². The van der Waals surface area contributed by atoms with Gasteiger partial charge >= 0.3 is 0 Å². The van der Waals surface area contributed by atoms with Crippen LogP contribution in [0, 0.1) is 6.92 Å². The van der Waals surface area contributed by atoms with Gasteiger partial charge in [0.2, 0.25) is 0 Å². The van der Waals surface area contributed by atoms with Crippen molar-refractivity contribution in [3.63, 3.8) is 0 Å². The molecule has 3 nitrogen and oxygen atoms in total. The summed E-state index contributed by atoms with van der Waals surface area (Å²) >= 11 is 0. The molecular weight excluding hydrogens is 274 g/mol. The smallest absolute Gasteiger partial charge is 0.261 e. The SMILES string of the molecule is CC[C@H](Oc1ccc(C)cc1)C(=O)N[C@H](C)c1ccccc1. The summed E-state index contributed by atoms with van der Waals surface area (Å²) in [6.07, 6.45) is 0.148. The molecule has 1 amide bonds. The minimum absolute atomic E-state index is 0.0376. The van der Waals surface area contributed by atoms with Crippen molar-refractivity contribution in [2.45, 2.75) is 39.3 Å². The van der Waals surface area contributed by atoms with Crippen molar-refractivity contribution in [2.75, 3.05) is 0 Å². The van der Waals surface area contributed by atoms with Gasteiger partial charge in [-0.05, 0) is 38.0 Å². The molecule has 0 spiro atoms. The van der Waals surface area contributed by atoms with Gasteiger partial charge in [-0.2, -0.15) is 0 Å². The highest BCUT2D eigenvalue weighted by Crippen LogP contribution is 2.16. The number of carbonyl (C=O) groups excluding carboxylic acids is 1. The lowest BCUT2D eigenvalue weighted by Gasteiger charge is -2.21. The van der Waals surface area contributed by atoms with Crippen LogP contribution in [0.2, 0.25) is 0 Å². The zero-order valence-electron chi connectivity index (χ0n) is 13.4. The molecule has 2 atom stereocenters. The Bertz CT molecular complexity index is 593. The third-order valence-electron chi connectivity index (χ3n) is 3.62. The first-order chi connectivity index (χ1) is 10.6. The topological polar surface area (TPSA) is 38.3 Å². The van der Waals surface area contributed by atoms with Crippen LogP contribution >= 0.6 is 0 Å². The highest BCUT2D eigenvalue weighted by molar-refractivity contribution is 5.81. The number of benzene rings is 2. The van der Waals surface area contributed by atoms with E-state index in [0.29, 0.717) is 6.42 Å². The average Bonchev–Trinajstić information content (AvgIpc) is 2.55. The Labute approximate surface area is 132 Å².